The molecule has 4 heteroatoms. The van der Waals surface area contributed by atoms with Crippen LogP contribution in [0.1, 0.15) is 18.4 Å². The Bertz CT molecular complexity index is 301. The third-order valence-electron chi connectivity index (χ3n) is 2.19. The van der Waals surface area contributed by atoms with Crippen molar-refractivity contribution >= 4 is 17.3 Å². The van der Waals surface area contributed by atoms with Crippen LogP contribution in [0, 0.1) is 0 Å². The molecule has 0 radical (unpaired) electrons. The molecule has 0 spiro atoms. The summed E-state index contributed by atoms with van der Waals surface area (Å²) < 4.78 is 0. The van der Waals surface area contributed by atoms with E-state index in [1.165, 1.54) is 18.4 Å². The summed E-state index contributed by atoms with van der Waals surface area (Å²) in [5.74, 6) is 0.600. The summed E-state index contributed by atoms with van der Waals surface area (Å²) >= 11 is 1.72. The molecule has 2 rings (SSSR count). The van der Waals surface area contributed by atoms with E-state index in [1.807, 2.05) is 0 Å². The van der Waals surface area contributed by atoms with Gasteiger partial charge >= 0.3 is 0 Å². The number of nitrogens with zero attached hydrogens (tertiary/aromatic N) is 1. The van der Waals surface area contributed by atoms with E-state index in [0.717, 1.165) is 13.0 Å². The smallest absolute Gasteiger partial charge is 0.188 e. The molecule has 0 unspecified atom stereocenters. The highest BCUT2D eigenvalue weighted by atomic mass is 32.1. The lowest BCUT2D eigenvalue weighted by Crippen LogP contribution is -2.33. The minimum atomic E-state index is 0.597. The van der Waals surface area contributed by atoms with Gasteiger partial charge in [-0.25, -0.2) is 0 Å². The number of hydrogen-bond acceptors (Lipinski definition) is 2. The van der Waals surface area contributed by atoms with Crippen LogP contribution in [-0.4, -0.2) is 18.5 Å². The Morgan fingerprint density at radius 3 is 3.14 bits per heavy atom. The number of nitrogens with one attached hydrogen (secondary N) is 1. The van der Waals surface area contributed by atoms with Crippen molar-refractivity contribution in [3.63, 3.8) is 0 Å². The normalized spacial score (nSPS) is 17.0. The van der Waals surface area contributed by atoms with Crippen molar-refractivity contribution < 1.29 is 0 Å². The second-order valence-corrected chi connectivity index (χ2v) is 4.35. The topological polar surface area (TPSA) is 50.4 Å². The van der Waals surface area contributed by atoms with E-state index in [1.54, 1.807) is 11.3 Å². The molecule has 1 heterocycles. The molecule has 1 aliphatic carbocycles. The highest BCUT2D eigenvalue weighted by molar-refractivity contribution is 7.07. The van der Waals surface area contributed by atoms with Gasteiger partial charge in [0.1, 0.15) is 0 Å². The molecule has 3 N–H and O–H groups in total. The quantitative estimate of drug-likeness (QED) is 0.581. The first-order valence-electron chi connectivity index (χ1n) is 4.92. The Balaban J connectivity index is 1.69. The number of guanidine groups is 1. The number of thiophene rings is 1. The van der Waals surface area contributed by atoms with Crippen LogP contribution in [0.5, 0.6) is 0 Å². The van der Waals surface area contributed by atoms with Crippen LogP contribution < -0.4 is 11.1 Å². The molecule has 0 atom stereocenters. The third-order valence-corrected chi connectivity index (χ3v) is 2.92. The molecular formula is C10H15N3S. The summed E-state index contributed by atoms with van der Waals surface area (Å²) in [6.07, 6.45) is 3.46. The monoisotopic (exact) mass is 209 g/mol. The fraction of sp³-hybridized carbons (Fsp3) is 0.500. The molecule has 0 bridgehead atoms. The van der Waals surface area contributed by atoms with Crippen molar-refractivity contribution in [3.8, 4) is 0 Å². The third kappa shape index (κ3) is 3.03. The Labute approximate surface area is 88.0 Å². The van der Waals surface area contributed by atoms with Gasteiger partial charge in [-0.05, 0) is 41.7 Å². The van der Waals surface area contributed by atoms with Gasteiger partial charge < -0.3 is 11.1 Å². The molecule has 1 aromatic rings. The van der Waals surface area contributed by atoms with Gasteiger partial charge in [0.25, 0.3) is 0 Å². The molecule has 76 valence electrons. The average Bonchev–Trinajstić information content (AvgIpc) is 2.82. The Morgan fingerprint density at radius 2 is 2.50 bits per heavy atom. The lowest BCUT2D eigenvalue weighted by atomic mass is 10.2. The van der Waals surface area contributed by atoms with E-state index < -0.39 is 0 Å². The molecular weight excluding hydrogens is 194 g/mol. The largest absolute Gasteiger partial charge is 0.370 e. The Morgan fingerprint density at radius 1 is 1.64 bits per heavy atom. The minimum Gasteiger partial charge on any atom is -0.370 e. The Kier molecular flexibility index (Phi) is 3.03. The molecule has 1 saturated carbocycles. The predicted octanol–water partition coefficient (Wildman–Crippen LogP) is 1.36. The molecule has 1 aliphatic rings. The molecule has 0 aromatic carbocycles. The SMILES string of the molecule is NC(=NCCc1ccsc1)NC1CC1. The summed E-state index contributed by atoms with van der Waals surface area (Å²) in [5.41, 5.74) is 7.04. The van der Waals surface area contributed by atoms with Crippen LogP contribution in [-0.2, 0) is 6.42 Å². The lowest BCUT2D eigenvalue weighted by Gasteiger charge is -2.02. The molecule has 1 fully saturated rings. The second-order valence-electron chi connectivity index (χ2n) is 3.57. The van der Waals surface area contributed by atoms with Gasteiger partial charge in [0.05, 0.1) is 0 Å². The molecule has 0 aliphatic heterocycles. The van der Waals surface area contributed by atoms with Gasteiger partial charge in [0.15, 0.2) is 5.96 Å². The Hall–Kier alpha value is -1.03. The second kappa shape index (κ2) is 4.46. The van der Waals surface area contributed by atoms with Gasteiger partial charge in [-0.2, -0.15) is 11.3 Å². The predicted molar refractivity (Wildman–Crippen MR) is 60.7 cm³/mol. The van der Waals surface area contributed by atoms with Crippen LogP contribution in [0.4, 0.5) is 0 Å². The highest BCUT2D eigenvalue weighted by Crippen LogP contribution is 2.17. The molecule has 14 heavy (non-hydrogen) atoms. The summed E-state index contributed by atoms with van der Waals surface area (Å²) in [6, 6.07) is 2.73. The van der Waals surface area contributed by atoms with Crippen LogP contribution in [0.25, 0.3) is 0 Å². The van der Waals surface area contributed by atoms with Crippen molar-refractivity contribution in [1.82, 2.24) is 5.32 Å². The van der Waals surface area contributed by atoms with Gasteiger partial charge in [0, 0.05) is 12.6 Å². The minimum absolute atomic E-state index is 0.597. The zero-order valence-corrected chi connectivity index (χ0v) is 8.89. The summed E-state index contributed by atoms with van der Waals surface area (Å²) in [6.45, 7) is 0.780. The first-order chi connectivity index (χ1) is 6.84. The zero-order valence-electron chi connectivity index (χ0n) is 8.07. The van der Waals surface area contributed by atoms with Crippen molar-refractivity contribution in [2.75, 3.05) is 6.54 Å². The van der Waals surface area contributed by atoms with Crippen LogP contribution in [0.15, 0.2) is 21.8 Å². The van der Waals surface area contributed by atoms with E-state index in [0.29, 0.717) is 12.0 Å². The van der Waals surface area contributed by atoms with Crippen LogP contribution >= 0.6 is 11.3 Å². The van der Waals surface area contributed by atoms with Gasteiger partial charge in [0.2, 0.25) is 0 Å². The van der Waals surface area contributed by atoms with E-state index in [2.05, 4.69) is 27.1 Å². The average molecular weight is 209 g/mol. The first kappa shape index (κ1) is 9.52. The molecule has 3 nitrogen and oxygen atoms in total. The fourth-order valence-corrected chi connectivity index (χ4v) is 1.93. The van der Waals surface area contributed by atoms with Crippen LogP contribution in [0.2, 0.25) is 0 Å². The number of aliphatic imine (C=N–C) groups is 1. The molecule has 1 aromatic heterocycles. The molecule has 0 saturated heterocycles. The van der Waals surface area contributed by atoms with E-state index in [9.17, 15) is 0 Å². The van der Waals surface area contributed by atoms with Gasteiger partial charge in [-0.3, -0.25) is 4.99 Å². The van der Waals surface area contributed by atoms with Gasteiger partial charge in [-0.15, -0.1) is 0 Å². The first-order valence-corrected chi connectivity index (χ1v) is 5.86. The van der Waals surface area contributed by atoms with Crippen molar-refractivity contribution in [1.29, 1.82) is 0 Å². The summed E-state index contributed by atoms with van der Waals surface area (Å²) in [7, 11) is 0. The van der Waals surface area contributed by atoms with E-state index in [-0.39, 0.29) is 0 Å². The van der Waals surface area contributed by atoms with Gasteiger partial charge in [-0.1, -0.05) is 0 Å². The maximum atomic E-state index is 5.70. The van der Waals surface area contributed by atoms with Crippen molar-refractivity contribution in [2.24, 2.45) is 10.7 Å². The summed E-state index contributed by atoms with van der Waals surface area (Å²) in [4.78, 5) is 4.27. The maximum absolute atomic E-state index is 5.70. The van der Waals surface area contributed by atoms with Crippen molar-refractivity contribution in [2.45, 2.75) is 25.3 Å². The lowest BCUT2D eigenvalue weighted by molar-refractivity contribution is 0.871. The highest BCUT2D eigenvalue weighted by Gasteiger charge is 2.21. The maximum Gasteiger partial charge on any atom is 0.188 e. The van der Waals surface area contributed by atoms with Crippen molar-refractivity contribution in [3.05, 3.63) is 22.4 Å². The summed E-state index contributed by atoms with van der Waals surface area (Å²) in [5, 5.41) is 7.41. The number of hydrogen-bond donors (Lipinski definition) is 2. The van der Waals surface area contributed by atoms with Crippen LogP contribution in [0.3, 0.4) is 0 Å². The number of nitrogens with two attached hydrogens (primary N) is 1. The molecule has 0 amide bonds. The van der Waals surface area contributed by atoms with E-state index >= 15 is 0 Å². The fourth-order valence-electron chi connectivity index (χ4n) is 1.22. The standard InChI is InChI=1S/C10H15N3S/c11-10(13-9-1-2-9)12-5-3-8-4-6-14-7-8/h4,6-7,9H,1-3,5H2,(H3,11,12,13). The van der Waals surface area contributed by atoms with E-state index in [4.69, 9.17) is 5.73 Å². The zero-order chi connectivity index (χ0) is 9.80. The number of rotatable bonds is 4.